The fraction of sp³-hybridized carbons (Fsp3) is 0.476. The predicted molar refractivity (Wildman–Crippen MR) is 109 cm³/mol. The van der Waals surface area contributed by atoms with Crippen LogP contribution >= 0.6 is 0 Å². The number of carbonyl (C=O) groups is 1. The molecule has 4 atom stereocenters. The standard InChI is InChI=1S/C21H24N4O6/c1-25(2)18(26)10-27-17-9-29-19-14(8-28-20(17)19)24-21-22-6-5-13(23-21)12-3-4-15-16(7-12)31-11-30-15/h3-7,14,17,19-20H,8-11H2,1-2H3,(H,22,23,24)/t14-,17+,19+,20+/m0/s1. The molecule has 10 nitrogen and oxygen atoms in total. The van der Waals surface area contributed by atoms with E-state index in [1.165, 1.54) is 4.90 Å². The number of aromatic nitrogens is 2. The lowest BCUT2D eigenvalue weighted by atomic mass is 10.1. The molecule has 1 aromatic heterocycles. The largest absolute Gasteiger partial charge is 0.454 e. The predicted octanol–water partition coefficient (Wildman–Crippen LogP) is 0.924. The molecule has 2 aromatic rings. The Kier molecular flexibility index (Phi) is 5.34. The first-order valence-electron chi connectivity index (χ1n) is 10.1. The van der Waals surface area contributed by atoms with E-state index in [0.29, 0.717) is 24.9 Å². The molecule has 0 radical (unpaired) electrons. The van der Waals surface area contributed by atoms with E-state index in [1.807, 2.05) is 24.3 Å². The van der Waals surface area contributed by atoms with E-state index in [9.17, 15) is 4.79 Å². The van der Waals surface area contributed by atoms with E-state index in [2.05, 4.69) is 15.3 Å². The van der Waals surface area contributed by atoms with Crippen molar-refractivity contribution >= 4 is 11.9 Å². The number of nitrogens with one attached hydrogen (secondary N) is 1. The van der Waals surface area contributed by atoms with Gasteiger partial charge in [0.15, 0.2) is 11.5 Å². The molecule has 0 unspecified atom stereocenters. The molecule has 0 bridgehead atoms. The Morgan fingerprint density at radius 2 is 2.00 bits per heavy atom. The van der Waals surface area contributed by atoms with Gasteiger partial charge in [-0.3, -0.25) is 4.79 Å². The number of hydrogen-bond acceptors (Lipinski definition) is 9. The van der Waals surface area contributed by atoms with Crippen molar-refractivity contribution in [3.05, 3.63) is 30.5 Å². The molecule has 1 N–H and O–H groups in total. The van der Waals surface area contributed by atoms with Crippen LogP contribution in [0.2, 0.25) is 0 Å². The number of benzene rings is 1. The van der Waals surface area contributed by atoms with Gasteiger partial charge in [-0.15, -0.1) is 0 Å². The van der Waals surface area contributed by atoms with Crippen molar-refractivity contribution < 1.29 is 28.5 Å². The third-order valence-electron chi connectivity index (χ3n) is 5.57. The number of ether oxygens (including phenoxy) is 5. The lowest BCUT2D eigenvalue weighted by Crippen LogP contribution is -2.38. The Bertz CT molecular complexity index is 971. The molecule has 0 aliphatic carbocycles. The molecule has 164 valence electrons. The summed E-state index contributed by atoms with van der Waals surface area (Å²) >= 11 is 0. The molecular formula is C21H24N4O6. The number of carbonyl (C=O) groups excluding carboxylic acids is 1. The number of fused-ring (bicyclic) bond motifs is 2. The molecule has 2 fully saturated rings. The van der Waals surface area contributed by atoms with Crippen molar-refractivity contribution in [3.8, 4) is 22.8 Å². The normalized spacial score (nSPS) is 26.0. The second-order valence-corrected chi connectivity index (χ2v) is 7.82. The molecule has 5 rings (SSSR count). The van der Waals surface area contributed by atoms with Crippen LogP contribution in [-0.2, 0) is 19.0 Å². The maximum Gasteiger partial charge on any atom is 0.248 e. The van der Waals surface area contributed by atoms with E-state index >= 15 is 0 Å². The molecule has 31 heavy (non-hydrogen) atoms. The topological polar surface area (TPSA) is 104 Å². The summed E-state index contributed by atoms with van der Waals surface area (Å²) in [6.45, 7) is 1.06. The zero-order chi connectivity index (χ0) is 21.4. The average Bonchev–Trinajstić information content (AvgIpc) is 3.49. The van der Waals surface area contributed by atoms with Gasteiger partial charge >= 0.3 is 0 Å². The number of amides is 1. The molecule has 3 aliphatic heterocycles. The summed E-state index contributed by atoms with van der Waals surface area (Å²) in [6.07, 6.45) is 1.000. The Hall–Kier alpha value is -2.95. The van der Waals surface area contributed by atoms with Gasteiger partial charge in [0.05, 0.1) is 24.9 Å². The summed E-state index contributed by atoms with van der Waals surface area (Å²) in [5.41, 5.74) is 1.67. The van der Waals surface area contributed by atoms with E-state index in [-0.39, 0.29) is 43.7 Å². The zero-order valence-electron chi connectivity index (χ0n) is 17.3. The summed E-state index contributed by atoms with van der Waals surface area (Å²) < 4.78 is 28.4. The van der Waals surface area contributed by atoms with E-state index in [4.69, 9.17) is 23.7 Å². The zero-order valence-corrected chi connectivity index (χ0v) is 17.3. The highest BCUT2D eigenvalue weighted by molar-refractivity contribution is 5.76. The van der Waals surface area contributed by atoms with Crippen molar-refractivity contribution in [2.75, 3.05) is 46.0 Å². The fourth-order valence-electron chi connectivity index (χ4n) is 3.85. The number of rotatable bonds is 6. The maximum atomic E-state index is 11.8. The SMILES string of the molecule is CN(C)C(=O)CO[C@@H]1CO[C@H]2[C@@H]1OC[C@@H]2Nc1nccc(-c2ccc3c(c2)OCO3)n1. The Morgan fingerprint density at radius 1 is 1.16 bits per heavy atom. The van der Waals surface area contributed by atoms with Crippen molar-refractivity contribution in [2.45, 2.75) is 24.4 Å². The summed E-state index contributed by atoms with van der Waals surface area (Å²) in [6, 6.07) is 7.44. The van der Waals surface area contributed by atoms with Crippen LogP contribution in [0.15, 0.2) is 30.5 Å². The highest BCUT2D eigenvalue weighted by Crippen LogP contribution is 2.35. The molecule has 4 heterocycles. The monoisotopic (exact) mass is 428 g/mol. The molecule has 1 aromatic carbocycles. The van der Waals surface area contributed by atoms with Crippen molar-refractivity contribution in [1.82, 2.24) is 14.9 Å². The van der Waals surface area contributed by atoms with Gasteiger partial charge in [-0.25, -0.2) is 9.97 Å². The molecule has 0 spiro atoms. The Balaban J connectivity index is 1.23. The highest BCUT2D eigenvalue weighted by Gasteiger charge is 2.48. The number of hydrogen-bond donors (Lipinski definition) is 1. The van der Waals surface area contributed by atoms with Crippen LogP contribution in [0, 0.1) is 0 Å². The van der Waals surface area contributed by atoms with Gasteiger partial charge < -0.3 is 33.9 Å². The first-order valence-corrected chi connectivity index (χ1v) is 10.1. The van der Waals surface area contributed by atoms with E-state index in [1.54, 1.807) is 20.3 Å². The molecule has 10 heteroatoms. The molecular weight excluding hydrogens is 404 g/mol. The second kappa shape index (κ2) is 8.29. The minimum Gasteiger partial charge on any atom is -0.454 e. The first kappa shape index (κ1) is 20.0. The number of likely N-dealkylation sites (N-methyl/N-ethyl adjacent to an activating group) is 1. The lowest BCUT2D eigenvalue weighted by molar-refractivity contribution is -0.137. The third-order valence-corrected chi connectivity index (χ3v) is 5.57. The number of anilines is 1. The minimum atomic E-state index is -0.276. The quantitative estimate of drug-likeness (QED) is 0.719. The van der Waals surface area contributed by atoms with E-state index < -0.39 is 0 Å². The van der Waals surface area contributed by atoms with Crippen LogP contribution in [0.1, 0.15) is 0 Å². The van der Waals surface area contributed by atoms with Crippen molar-refractivity contribution in [3.63, 3.8) is 0 Å². The highest BCUT2D eigenvalue weighted by atomic mass is 16.7. The molecule has 1 amide bonds. The lowest BCUT2D eigenvalue weighted by Gasteiger charge is -2.18. The minimum absolute atomic E-state index is 0.00634. The average molecular weight is 428 g/mol. The molecule has 2 saturated heterocycles. The van der Waals surface area contributed by atoms with Crippen LogP contribution < -0.4 is 14.8 Å². The van der Waals surface area contributed by atoms with Crippen LogP contribution in [-0.4, -0.2) is 85.8 Å². The van der Waals surface area contributed by atoms with Gasteiger partial charge in [0.25, 0.3) is 0 Å². The molecule has 3 aliphatic rings. The summed E-state index contributed by atoms with van der Waals surface area (Å²) in [5, 5.41) is 3.32. The van der Waals surface area contributed by atoms with Gasteiger partial charge in [-0.05, 0) is 24.3 Å². The summed E-state index contributed by atoms with van der Waals surface area (Å²) in [5.74, 6) is 1.83. The van der Waals surface area contributed by atoms with Crippen LogP contribution in [0.4, 0.5) is 5.95 Å². The van der Waals surface area contributed by atoms with Gasteiger partial charge in [0.2, 0.25) is 18.6 Å². The Labute approximate surface area is 179 Å². The van der Waals surface area contributed by atoms with Crippen LogP contribution in [0.5, 0.6) is 11.5 Å². The maximum absolute atomic E-state index is 11.8. The van der Waals surface area contributed by atoms with Gasteiger partial charge in [0.1, 0.15) is 24.9 Å². The van der Waals surface area contributed by atoms with Crippen LogP contribution in [0.3, 0.4) is 0 Å². The first-order chi connectivity index (χ1) is 15.1. The smallest absolute Gasteiger partial charge is 0.248 e. The van der Waals surface area contributed by atoms with Gasteiger partial charge in [-0.2, -0.15) is 0 Å². The summed E-state index contributed by atoms with van der Waals surface area (Å²) in [7, 11) is 3.40. The summed E-state index contributed by atoms with van der Waals surface area (Å²) in [4.78, 5) is 22.3. The fourth-order valence-corrected chi connectivity index (χ4v) is 3.85. The van der Waals surface area contributed by atoms with Gasteiger partial charge in [0, 0.05) is 25.9 Å². The van der Waals surface area contributed by atoms with Gasteiger partial charge in [-0.1, -0.05) is 0 Å². The van der Waals surface area contributed by atoms with Crippen LogP contribution in [0.25, 0.3) is 11.3 Å². The second-order valence-electron chi connectivity index (χ2n) is 7.82. The van der Waals surface area contributed by atoms with E-state index in [0.717, 1.165) is 17.0 Å². The van der Waals surface area contributed by atoms with Crippen molar-refractivity contribution in [1.29, 1.82) is 0 Å². The number of nitrogens with zero attached hydrogens (tertiary/aromatic N) is 3. The Morgan fingerprint density at radius 3 is 2.87 bits per heavy atom. The van der Waals surface area contributed by atoms with Crippen molar-refractivity contribution in [2.24, 2.45) is 0 Å². The molecule has 0 saturated carbocycles. The third kappa shape index (κ3) is 4.01.